The molecule has 2 N–H and O–H groups in total. The highest BCUT2D eigenvalue weighted by Gasteiger charge is 2.06. The van der Waals surface area contributed by atoms with Crippen LogP contribution in [-0.4, -0.2) is 42.5 Å². The molecule has 0 spiro atoms. The van der Waals surface area contributed by atoms with Crippen LogP contribution in [0, 0.1) is 11.3 Å². The fourth-order valence-corrected chi connectivity index (χ4v) is 2.54. The molecule has 9 heteroatoms. The van der Waals surface area contributed by atoms with E-state index in [1.54, 1.807) is 25.2 Å². The molecule has 28 heavy (non-hydrogen) atoms. The van der Waals surface area contributed by atoms with Gasteiger partial charge in [0.15, 0.2) is 11.5 Å². The number of nitriles is 1. The van der Waals surface area contributed by atoms with Gasteiger partial charge in [-0.25, -0.2) is 4.79 Å². The summed E-state index contributed by atoms with van der Waals surface area (Å²) in [5, 5.41) is 15.2. The van der Waals surface area contributed by atoms with E-state index in [0.29, 0.717) is 42.6 Å². The Labute approximate surface area is 163 Å². The van der Waals surface area contributed by atoms with Crippen LogP contribution in [0.5, 0.6) is 11.5 Å². The number of aromatic nitrogens is 2. The molecule has 1 aromatic heterocycles. The summed E-state index contributed by atoms with van der Waals surface area (Å²) in [6, 6.07) is 8.52. The van der Waals surface area contributed by atoms with Crippen molar-refractivity contribution < 1.29 is 9.47 Å². The molecule has 150 valence electrons. The van der Waals surface area contributed by atoms with Crippen LogP contribution in [0.1, 0.15) is 12.0 Å². The van der Waals surface area contributed by atoms with E-state index in [-0.39, 0.29) is 11.2 Å². The van der Waals surface area contributed by atoms with E-state index < -0.39 is 0 Å². The third kappa shape index (κ3) is 5.37. The van der Waals surface area contributed by atoms with Gasteiger partial charge in [0.25, 0.3) is 5.56 Å². The van der Waals surface area contributed by atoms with Gasteiger partial charge in [-0.3, -0.25) is 13.9 Å². The molecule has 0 aliphatic carbocycles. The Morgan fingerprint density at radius 2 is 1.86 bits per heavy atom. The molecule has 0 saturated carbocycles. The molecule has 0 unspecified atom stereocenters. The van der Waals surface area contributed by atoms with Gasteiger partial charge >= 0.3 is 5.69 Å². The number of hydrogen-bond donors (Lipinski definition) is 2. The van der Waals surface area contributed by atoms with E-state index in [2.05, 4.69) is 16.7 Å². The number of anilines is 1. The summed E-state index contributed by atoms with van der Waals surface area (Å²) < 4.78 is 13.4. The van der Waals surface area contributed by atoms with Gasteiger partial charge in [-0.1, -0.05) is 0 Å². The molecule has 1 aromatic carbocycles. The Morgan fingerprint density at radius 1 is 1.07 bits per heavy atom. The molecule has 0 aliphatic rings. The number of hydrogen-bond acceptors (Lipinski definition) is 7. The van der Waals surface area contributed by atoms with Crippen LogP contribution in [0.4, 0.5) is 5.82 Å². The summed E-state index contributed by atoms with van der Waals surface area (Å²) >= 11 is 0. The molecule has 9 nitrogen and oxygen atoms in total. The molecule has 1 heterocycles. The van der Waals surface area contributed by atoms with Gasteiger partial charge in [-0.05, 0) is 25.1 Å². The highest BCUT2D eigenvalue weighted by atomic mass is 16.5. The van der Waals surface area contributed by atoms with Crippen LogP contribution in [0.25, 0.3) is 0 Å². The number of nitrogens with zero attached hydrogens (tertiary/aromatic N) is 3. The quantitative estimate of drug-likeness (QED) is 0.569. The van der Waals surface area contributed by atoms with Gasteiger partial charge in [0, 0.05) is 39.3 Å². The van der Waals surface area contributed by atoms with Crippen LogP contribution in [0.3, 0.4) is 0 Å². The Bertz CT molecular complexity index is 958. The van der Waals surface area contributed by atoms with E-state index >= 15 is 0 Å². The average molecular weight is 387 g/mol. The fraction of sp³-hybridized carbons (Fsp3) is 0.421. The van der Waals surface area contributed by atoms with E-state index in [0.717, 1.165) is 17.5 Å². The lowest BCUT2D eigenvalue weighted by molar-refractivity contribution is 0.288. The molecular formula is C19H25N5O4. The largest absolute Gasteiger partial charge is 0.493 e. The Kier molecular flexibility index (Phi) is 7.65. The normalized spacial score (nSPS) is 10.4. The maximum Gasteiger partial charge on any atom is 0.332 e. The third-order valence-electron chi connectivity index (χ3n) is 4.18. The van der Waals surface area contributed by atoms with Crippen molar-refractivity contribution >= 4 is 5.82 Å². The number of ether oxygens (including phenoxy) is 2. The summed E-state index contributed by atoms with van der Waals surface area (Å²) in [6.45, 7) is 2.50. The Hall–Kier alpha value is -3.25. The van der Waals surface area contributed by atoms with E-state index in [1.807, 2.05) is 0 Å². The van der Waals surface area contributed by atoms with Gasteiger partial charge in [0.1, 0.15) is 5.82 Å². The maximum atomic E-state index is 11.8. The van der Waals surface area contributed by atoms with Gasteiger partial charge < -0.3 is 20.1 Å². The Balaban J connectivity index is 1.68. The summed E-state index contributed by atoms with van der Waals surface area (Å²) in [5.41, 5.74) is -0.181. The summed E-state index contributed by atoms with van der Waals surface area (Å²) in [4.78, 5) is 23.5. The predicted molar refractivity (Wildman–Crippen MR) is 106 cm³/mol. The number of nitrogens with one attached hydrogen (secondary N) is 2. The van der Waals surface area contributed by atoms with E-state index in [4.69, 9.17) is 14.7 Å². The minimum atomic E-state index is -0.363. The zero-order valence-electron chi connectivity index (χ0n) is 16.3. The summed E-state index contributed by atoms with van der Waals surface area (Å²) in [6.07, 6.45) is 0.785. The van der Waals surface area contributed by atoms with Gasteiger partial charge in [0.05, 0.1) is 25.3 Å². The summed E-state index contributed by atoms with van der Waals surface area (Å²) in [7, 11) is 4.61. The maximum absolute atomic E-state index is 11.8. The smallest absolute Gasteiger partial charge is 0.332 e. The van der Waals surface area contributed by atoms with E-state index in [9.17, 15) is 9.59 Å². The highest BCUT2D eigenvalue weighted by Crippen LogP contribution is 2.27. The SMILES string of the molecule is COc1cc(C#N)ccc1OCCCNCCNc1cc(=O)n(C)c(=O)n1C. The standard InChI is InChI=1S/C19H25N5O4/c1-23-17(12-18(25)24(2)19(23)26)22-9-8-21-7-4-10-28-15-6-5-14(13-20)11-16(15)27-3/h5-6,11-12,21-22H,4,7-10H2,1-3H3. The molecule has 2 aromatic rings. The van der Waals surface area contributed by atoms with Gasteiger partial charge in [-0.2, -0.15) is 5.26 Å². The van der Waals surface area contributed by atoms with Crippen LogP contribution >= 0.6 is 0 Å². The van der Waals surface area contributed by atoms with Crippen LogP contribution < -0.4 is 31.4 Å². The Morgan fingerprint density at radius 3 is 2.57 bits per heavy atom. The van der Waals surface area contributed by atoms with Gasteiger partial charge in [0.2, 0.25) is 0 Å². The fourth-order valence-electron chi connectivity index (χ4n) is 2.54. The molecule has 0 amide bonds. The summed E-state index contributed by atoms with van der Waals surface area (Å²) in [5.74, 6) is 1.64. The number of rotatable bonds is 10. The van der Waals surface area contributed by atoms with Crippen molar-refractivity contribution in [3.05, 3.63) is 50.7 Å². The third-order valence-corrected chi connectivity index (χ3v) is 4.18. The first-order chi connectivity index (χ1) is 13.5. The second-order valence-corrected chi connectivity index (χ2v) is 6.12. The zero-order chi connectivity index (χ0) is 20.5. The lowest BCUT2D eigenvalue weighted by atomic mass is 10.2. The monoisotopic (exact) mass is 387 g/mol. The lowest BCUT2D eigenvalue weighted by Crippen LogP contribution is -2.38. The van der Waals surface area contributed by atoms with Gasteiger partial charge in [-0.15, -0.1) is 0 Å². The molecule has 0 aliphatic heterocycles. The number of benzene rings is 1. The first-order valence-corrected chi connectivity index (χ1v) is 8.90. The minimum absolute atomic E-state index is 0.339. The second kappa shape index (κ2) is 10.2. The van der Waals surface area contributed by atoms with Crippen molar-refractivity contribution in [3.8, 4) is 17.6 Å². The molecule has 0 saturated heterocycles. The predicted octanol–water partition coefficient (Wildman–Crippen LogP) is 0.435. The molecule has 2 rings (SSSR count). The van der Waals surface area contributed by atoms with Crippen molar-refractivity contribution in [3.63, 3.8) is 0 Å². The number of methoxy groups -OCH3 is 1. The van der Waals surface area contributed by atoms with Crippen molar-refractivity contribution in [2.75, 3.05) is 38.7 Å². The first kappa shape index (κ1) is 21.1. The molecule has 0 atom stereocenters. The zero-order valence-corrected chi connectivity index (χ0v) is 16.3. The van der Waals surface area contributed by atoms with Crippen molar-refractivity contribution in [2.24, 2.45) is 14.1 Å². The molecule has 0 fully saturated rings. The minimum Gasteiger partial charge on any atom is -0.493 e. The van der Waals surface area contributed by atoms with Crippen molar-refractivity contribution in [2.45, 2.75) is 6.42 Å². The lowest BCUT2D eigenvalue weighted by Gasteiger charge is -2.13. The van der Waals surface area contributed by atoms with Crippen molar-refractivity contribution in [1.29, 1.82) is 5.26 Å². The highest BCUT2D eigenvalue weighted by molar-refractivity contribution is 5.46. The molecular weight excluding hydrogens is 362 g/mol. The van der Waals surface area contributed by atoms with Crippen LogP contribution in [0.15, 0.2) is 33.9 Å². The second-order valence-electron chi connectivity index (χ2n) is 6.12. The average Bonchev–Trinajstić information content (AvgIpc) is 2.71. The topological polar surface area (TPSA) is 110 Å². The van der Waals surface area contributed by atoms with Crippen LogP contribution in [0.2, 0.25) is 0 Å². The molecule has 0 radical (unpaired) electrons. The van der Waals surface area contributed by atoms with Crippen LogP contribution in [-0.2, 0) is 14.1 Å². The molecule has 0 bridgehead atoms. The van der Waals surface area contributed by atoms with Crippen molar-refractivity contribution in [1.82, 2.24) is 14.5 Å². The first-order valence-electron chi connectivity index (χ1n) is 8.90. The van der Waals surface area contributed by atoms with E-state index in [1.165, 1.54) is 24.8 Å².